The Kier molecular flexibility index (Phi) is 6.50. The van der Waals surface area contributed by atoms with Crippen LogP contribution >= 0.6 is 0 Å². The van der Waals surface area contributed by atoms with Crippen LogP contribution in [0.5, 0.6) is 11.5 Å². The summed E-state index contributed by atoms with van der Waals surface area (Å²) in [5.74, 6) is 1.34. The van der Waals surface area contributed by atoms with Gasteiger partial charge in [0.05, 0.1) is 20.3 Å². The van der Waals surface area contributed by atoms with Gasteiger partial charge in [-0.3, -0.25) is 4.79 Å². The normalized spacial score (nSPS) is 18.2. The van der Waals surface area contributed by atoms with Gasteiger partial charge >= 0.3 is 6.03 Å². The zero-order valence-corrected chi connectivity index (χ0v) is 15.3. The van der Waals surface area contributed by atoms with E-state index in [-0.39, 0.29) is 24.0 Å². The monoisotopic (exact) mass is 349 g/mol. The summed E-state index contributed by atoms with van der Waals surface area (Å²) in [4.78, 5) is 25.6. The molecule has 0 saturated carbocycles. The lowest BCUT2D eigenvalue weighted by Gasteiger charge is -2.34. The first-order valence-corrected chi connectivity index (χ1v) is 8.49. The second kappa shape index (κ2) is 8.60. The summed E-state index contributed by atoms with van der Waals surface area (Å²) >= 11 is 0. The van der Waals surface area contributed by atoms with Crippen molar-refractivity contribution in [2.75, 3.05) is 27.3 Å². The number of urea groups is 1. The van der Waals surface area contributed by atoms with Crippen molar-refractivity contribution in [1.29, 1.82) is 0 Å². The second-order valence-electron chi connectivity index (χ2n) is 6.26. The Morgan fingerprint density at radius 2 is 2.04 bits per heavy atom. The third-order valence-corrected chi connectivity index (χ3v) is 4.36. The molecule has 0 unspecified atom stereocenters. The fraction of sp³-hybridized carbons (Fsp3) is 0.556. The molecule has 25 heavy (non-hydrogen) atoms. The molecule has 0 aliphatic carbocycles. The zero-order chi connectivity index (χ0) is 18.4. The minimum Gasteiger partial charge on any atom is -0.497 e. The largest absolute Gasteiger partial charge is 0.497 e. The first-order chi connectivity index (χ1) is 11.9. The number of hydrogen-bond donors (Lipinski definition) is 2. The summed E-state index contributed by atoms with van der Waals surface area (Å²) in [5, 5.41) is 5.89. The molecule has 7 nitrogen and oxygen atoms in total. The second-order valence-corrected chi connectivity index (χ2v) is 6.26. The highest BCUT2D eigenvalue weighted by atomic mass is 16.5. The summed E-state index contributed by atoms with van der Waals surface area (Å²) < 4.78 is 10.6. The van der Waals surface area contributed by atoms with Crippen molar-refractivity contribution < 1.29 is 19.1 Å². The molecule has 1 saturated heterocycles. The predicted octanol–water partition coefficient (Wildman–Crippen LogP) is 2.07. The number of nitrogens with one attached hydrogen (secondary N) is 2. The van der Waals surface area contributed by atoms with Gasteiger partial charge in [-0.15, -0.1) is 0 Å². The number of carbonyl (C=O) groups excluding carboxylic acids is 2. The lowest BCUT2D eigenvalue weighted by Crippen LogP contribution is -2.52. The van der Waals surface area contributed by atoms with Gasteiger partial charge in [-0.05, 0) is 38.0 Å². The predicted molar refractivity (Wildman–Crippen MR) is 94.9 cm³/mol. The SMILES string of the molecule is COc1ccc(OC)c([C@@H](C)NC(=O)N2CCC[C@H](NC(C)=O)C2)c1. The van der Waals surface area contributed by atoms with Crippen LogP contribution in [-0.2, 0) is 4.79 Å². The molecule has 0 aromatic heterocycles. The van der Waals surface area contributed by atoms with E-state index in [1.54, 1.807) is 19.1 Å². The molecular formula is C18H27N3O4. The van der Waals surface area contributed by atoms with E-state index in [1.807, 2.05) is 25.1 Å². The summed E-state index contributed by atoms with van der Waals surface area (Å²) in [7, 11) is 3.20. The number of piperidine rings is 1. The van der Waals surface area contributed by atoms with Gasteiger partial charge in [0.2, 0.25) is 5.91 Å². The molecule has 1 aliphatic rings. The van der Waals surface area contributed by atoms with E-state index < -0.39 is 0 Å². The molecular weight excluding hydrogens is 322 g/mol. The number of benzene rings is 1. The Bertz CT molecular complexity index is 620. The number of methoxy groups -OCH3 is 2. The van der Waals surface area contributed by atoms with Gasteiger partial charge in [0, 0.05) is 31.6 Å². The van der Waals surface area contributed by atoms with E-state index in [0.29, 0.717) is 24.6 Å². The molecule has 3 amide bonds. The van der Waals surface area contributed by atoms with E-state index in [1.165, 1.54) is 6.92 Å². The highest BCUT2D eigenvalue weighted by molar-refractivity contribution is 5.76. The Hall–Kier alpha value is -2.44. The van der Waals surface area contributed by atoms with Crippen LogP contribution < -0.4 is 20.1 Å². The molecule has 7 heteroatoms. The average Bonchev–Trinajstić information content (AvgIpc) is 2.60. The van der Waals surface area contributed by atoms with Crippen LogP contribution in [0, 0.1) is 0 Å². The highest BCUT2D eigenvalue weighted by Crippen LogP contribution is 2.29. The number of likely N-dealkylation sites (tertiary alicyclic amines) is 1. The fourth-order valence-electron chi connectivity index (χ4n) is 3.10. The van der Waals surface area contributed by atoms with E-state index in [4.69, 9.17) is 9.47 Å². The molecule has 1 aromatic rings. The molecule has 1 aliphatic heterocycles. The standard InChI is InChI=1S/C18H27N3O4/c1-12(16-10-15(24-3)7-8-17(16)25-4)19-18(23)21-9-5-6-14(11-21)20-13(2)22/h7-8,10,12,14H,5-6,9,11H2,1-4H3,(H,19,23)(H,20,22)/t12-,14+/m1/s1. The van der Waals surface area contributed by atoms with Crippen LogP contribution in [0.25, 0.3) is 0 Å². The minimum absolute atomic E-state index is 0.0126. The molecule has 0 radical (unpaired) electrons. The van der Waals surface area contributed by atoms with Crippen molar-refractivity contribution in [3.05, 3.63) is 23.8 Å². The third-order valence-electron chi connectivity index (χ3n) is 4.36. The third kappa shape index (κ3) is 5.01. The van der Waals surface area contributed by atoms with Crippen molar-refractivity contribution in [2.45, 2.75) is 38.8 Å². The molecule has 0 bridgehead atoms. The van der Waals surface area contributed by atoms with Crippen LogP contribution in [0.2, 0.25) is 0 Å². The average molecular weight is 349 g/mol. The molecule has 138 valence electrons. The first kappa shape index (κ1) is 18.9. The Morgan fingerprint density at radius 3 is 2.68 bits per heavy atom. The van der Waals surface area contributed by atoms with Crippen LogP contribution in [0.3, 0.4) is 0 Å². The summed E-state index contributed by atoms with van der Waals surface area (Å²) in [6.07, 6.45) is 1.76. The van der Waals surface area contributed by atoms with Gasteiger partial charge in [-0.1, -0.05) is 0 Å². The maximum atomic E-state index is 12.6. The zero-order valence-electron chi connectivity index (χ0n) is 15.3. The van der Waals surface area contributed by atoms with Crippen LogP contribution in [0.1, 0.15) is 38.3 Å². The Morgan fingerprint density at radius 1 is 1.28 bits per heavy atom. The van der Waals surface area contributed by atoms with Crippen molar-refractivity contribution in [3.63, 3.8) is 0 Å². The van der Waals surface area contributed by atoms with Crippen molar-refractivity contribution in [1.82, 2.24) is 15.5 Å². The van der Waals surface area contributed by atoms with Gasteiger partial charge < -0.3 is 25.0 Å². The lowest BCUT2D eigenvalue weighted by atomic mass is 10.1. The number of rotatable bonds is 5. The van der Waals surface area contributed by atoms with Crippen molar-refractivity contribution in [3.8, 4) is 11.5 Å². The molecule has 2 N–H and O–H groups in total. The van der Waals surface area contributed by atoms with Crippen molar-refractivity contribution >= 4 is 11.9 Å². The van der Waals surface area contributed by atoms with Gasteiger partial charge in [-0.25, -0.2) is 4.79 Å². The van der Waals surface area contributed by atoms with E-state index in [2.05, 4.69) is 10.6 Å². The van der Waals surface area contributed by atoms with E-state index in [9.17, 15) is 9.59 Å². The molecule has 1 heterocycles. The van der Waals surface area contributed by atoms with E-state index >= 15 is 0 Å². The number of ether oxygens (including phenoxy) is 2. The minimum atomic E-state index is -0.237. The topological polar surface area (TPSA) is 79.9 Å². The summed E-state index contributed by atoms with van der Waals surface area (Å²) in [5.41, 5.74) is 0.852. The Balaban J connectivity index is 2.03. The van der Waals surface area contributed by atoms with Gasteiger partial charge in [0.1, 0.15) is 11.5 Å². The van der Waals surface area contributed by atoms with Gasteiger partial charge in [0.25, 0.3) is 0 Å². The molecule has 2 rings (SSSR count). The van der Waals surface area contributed by atoms with Crippen molar-refractivity contribution in [2.24, 2.45) is 0 Å². The summed E-state index contributed by atoms with van der Waals surface area (Å²) in [6, 6.07) is 5.13. The molecule has 0 spiro atoms. The maximum absolute atomic E-state index is 12.6. The number of hydrogen-bond acceptors (Lipinski definition) is 4. The quantitative estimate of drug-likeness (QED) is 0.853. The number of carbonyl (C=O) groups is 2. The number of amides is 3. The molecule has 1 aromatic carbocycles. The smallest absolute Gasteiger partial charge is 0.317 e. The molecule has 2 atom stereocenters. The molecule has 1 fully saturated rings. The van der Waals surface area contributed by atoms with Crippen LogP contribution in [0.4, 0.5) is 4.79 Å². The fourth-order valence-corrected chi connectivity index (χ4v) is 3.10. The van der Waals surface area contributed by atoms with Gasteiger partial charge in [0.15, 0.2) is 0 Å². The Labute approximate surface area is 148 Å². The lowest BCUT2D eigenvalue weighted by molar-refractivity contribution is -0.119. The van der Waals surface area contributed by atoms with Gasteiger partial charge in [-0.2, -0.15) is 0 Å². The van der Waals surface area contributed by atoms with Crippen LogP contribution in [0.15, 0.2) is 18.2 Å². The van der Waals surface area contributed by atoms with Crippen LogP contribution in [-0.4, -0.2) is 50.2 Å². The van der Waals surface area contributed by atoms with E-state index in [0.717, 1.165) is 18.4 Å². The first-order valence-electron chi connectivity index (χ1n) is 8.49. The maximum Gasteiger partial charge on any atom is 0.317 e. The summed E-state index contributed by atoms with van der Waals surface area (Å²) in [6.45, 7) is 4.61. The number of nitrogens with zero attached hydrogens (tertiary/aromatic N) is 1. The highest BCUT2D eigenvalue weighted by Gasteiger charge is 2.25.